The molecular weight excluding hydrogens is 226 g/mol. The molecule has 0 radical (unpaired) electrons. The van der Waals surface area contributed by atoms with Gasteiger partial charge in [-0.1, -0.05) is 18.1 Å². The van der Waals surface area contributed by atoms with E-state index in [0.29, 0.717) is 17.5 Å². The molecule has 1 aromatic carbocycles. The van der Waals surface area contributed by atoms with E-state index >= 15 is 0 Å². The molecule has 0 aliphatic carbocycles. The molecule has 17 heavy (non-hydrogen) atoms. The third kappa shape index (κ3) is 1.77. The fraction of sp³-hybridized carbons (Fsp3) is 0.250. The summed E-state index contributed by atoms with van der Waals surface area (Å²) in [6.07, 6.45) is 0.498. The van der Waals surface area contributed by atoms with Crippen molar-refractivity contribution in [2.45, 2.75) is 20.3 Å². The topological polar surface area (TPSA) is 52.0 Å². The molecule has 2 N–H and O–H groups in total. The number of hydrogen-bond donors (Lipinski definition) is 1. The maximum absolute atomic E-state index is 13.9. The second-order valence-corrected chi connectivity index (χ2v) is 3.78. The average molecular weight is 238 g/mol. The Morgan fingerprint density at radius 1 is 1.35 bits per heavy atom. The standard InChI is InChI=1S/C12H12F2N2O/c1-3-7-11(17-16-12(7)15)9-8(13)5-4-6(2)10(9)14/h4-5H,3H2,1-2H3,(H2,15,16). The number of nitrogens with two attached hydrogens (primary N) is 1. The minimum atomic E-state index is -0.682. The molecule has 0 amide bonds. The lowest BCUT2D eigenvalue weighted by molar-refractivity contribution is 0.429. The van der Waals surface area contributed by atoms with E-state index in [-0.39, 0.29) is 17.1 Å². The van der Waals surface area contributed by atoms with Crippen molar-refractivity contribution in [1.29, 1.82) is 0 Å². The second kappa shape index (κ2) is 4.16. The third-order valence-electron chi connectivity index (χ3n) is 2.68. The molecule has 0 aliphatic heterocycles. The monoisotopic (exact) mass is 238 g/mol. The van der Waals surface area contributed by atoms with Crippen molar-refractivity contribution in [3.63, 3.8) is 0 Å². The summed E-state index contributed by atoms with van der Waals surface area (Å²) >= 11 is 0. The predicted molar refractivity (Wildman–Crippen MR) is 60.4 cm³/mol. The van der Waals surface area contributed by atoms with Crippen molar-refractivity contribution in [3.8, 4) is 11.3 Å². The lowest BCUT2D eigenvalue weighted by Gasteiger charge is -2.05. The van der Waals surface area contributed by atoms with Gasteiger partial charge in [0.05, 0.1) is 5.56 Å². The van der Waals surface area contributed by atoms with Gasteiger partial charge < -0.3 is 10.3 Å². The highest BCUT2D eigenvalue weighted by Gasteiger charge is 2.22. The molecule has 2 rings (SSSR count). The number of aromatic nitrogens is 1. The van der Waals surface area contributed by atoms with Crippen LogP contribution < -0.4 is 5.73 Å². The van der Waals surface area contributed by atoms with E-state index < -0.39 is 11.6 Å². The molecule has 0 bridgehead atoms. The minimum absolute atomic E-state index is 0.0729. The van der Waals surface area contributed by atoms with Crippen molar-refractivity contribution < 1.29 is 13.3 Å². The van der Waals surface area contributed by atoms with E-state index in [2.05, 4.69) is 5.16 Å². The van der Waals surface area contributed by atoms with Crippen molar-refractivity contribution in [2.24, 2.45) is 0 Å². The first-order valence-electron chi connectivity index (χ1n) is 5.25. The molecule has 3 nitrogen and oxygen atoms in total. The van der Waals surface area contributed by atoms with Crippen LogP contribution in [0.15, 0.2) is 16.7 Å². The first-order chi connectivity index (χ1) is 8.06. The van der Waals surface area contributed by atoms with Crippen LogP contribution in [0.3, 0.4) is 0 Å². The van der Waals surface area contributed by atoms with Gasteiger partial charge in [-0.25, -0.2) is 8.78 Å². The maximum Gasteiger partial charge on any atom is 0.178 e. The molecule has 0 aliphatic rings. The number of nitrogens with zero attached hydrogens (tertiary/aromatic N) is 1. The molecule has 0 saturated heterocycles. The van der Waals surface area contributed by atoms with E-state index in [4.69, 9.17) is 10.3 Å². The van der Waals surface area contributed by atoms with Gasteiger partial charge in [0.1, 0.15) is 11.6 Å². The molecule has 5 heteroatoms. The Morgan fingerprint density at radius 3 is 2.71 bits per heavy atom. The molecule has 0 fully saturated rings. The van der Waals surface area contributed by atoms with Gasteiger partial charge in [-0.3, -0.25) is 0 Å². The summed E-state index contributed by atoms with van der Waals surface area (Å²) in [7, 11) is 0. The fourth-order valence-electron chi connectivity index (χ4n) is 1.72. The van der Waals surface area contributed by atoms with E-state index in [0.717, 1.165) is 0 Å². The van der Waals surface area contributed by atoms with Gasteiger partial charge in [0.15, 0.2) is 11.6 Å². The lowest BCUT2D eigenvalue weighted by Crippen LogP contribution is -1.96. The van der Waals surface area contributed by atoms with Gasteiger partial charge in [-0.2, -0.15) is 0 Å². The van der Waals surface area contributed by atoms with Gasteiger partial charge in [0.25, 0.3) is 0 Å². The largest absolute Gasteiger partial charge is 0.381 e. The minimum Gasteiger partial charge on any atom is -0.381 e. The molecular formula is C12H12F2N2O. The number of rotatable bonds is 2. The summed E-state index contributed by atoms with van der Waals surface area (Å²) < 4.78 is 32.5. The van der Waals surface area contributed by atoms with Crippen LogP contribution in [-0.4, -0.2) is 5.16 Å². The number of hydrogen-bond acceptors (Lipinski definition) is 3. The first-order valence-corrected chi connectivity index (χ1v) is 5.25. The van der Waals surface area contributed by atoms with Gasteiger partial charge >= 0.3 is 0 Å². The molecule has 0 spiro atoms. The zero-order chi connectivity index (χ0) is 12.6. The molecule has 1 aromatic heterocycles. The van der Waals surface area contributed by atoms with Crippen molar-refractivity contribution in [3.05, 3.63) is 34.9 Å². The van der Waals surface area contributed by atoms with Crippen LogP contribution in [-0.2, 0) is 6.42 Å². The van der Waals surface area contributed by atoms with Crippen LogP contribution in [0, 0.1) is 18.6 Å². The number of nitrogen functional groups attached to an aromatic ring is 1. The zero-order valence-corrected chi connectivity index (χ0v) is 9.55. The van der Waals surface area contributed by atoms with E-state index in [1.54, 1.807) is 6.92 Å². The van der Waals surface area contributed by atoms with E-state index in [9.17, 15) is 8.78 Å². The predicted octanol–water partition coefficient (Wildman–Crippen LogP) is 3.07. The Balaban J connectivity index is 2.72. The average Bonchev–Trinajstić information content (AvgIpc) is 2.66. The Kier molecular flexibility index (Phi) is 2.83. The highest BCUT2D eigenvalue weighted by molar-refractivity contribution is 5.67. The molecule has 2 aromatic rings. The Morgan fingerprint density at radius 2 is 2.06 bits per heavy atom. The second-order valence-electron chi connectivity index (χ2n) is 3.78. The molecule has 0 unspecified atom stereocenters. The van der Waals surface area contributed by atoms with E-state index in [1.165, 1.54) is 12.1 Å². The van der Waals surface area contributed by atoms with Crippen LogP contribution in [0.1, 0.15) is 18.1 Å². The zero-order valence-electron chi connectivity index (χ0n) is 9.55. The van der Waals surface area contributed by atoms with Gasteiger partial charge in [-0.15, -0.1) is 0 Å². The summed E-state index contributed by atoms with van der Waals surface area (Å²) in [5.74, 6) is -1.08. The molecule has 0 saturated carbocycles. The normalized spacial score (nSPS) is 10.8. The number of halogens is 2. The fourth-order valence-corrected chi connectivity index (χ4v) is 1.72. The van der Waals surface area contributed by atoms with Gasteiger partial charge in [0, 0.05) is 5.56 Å². The highest BCUT2D eigenvalue weighted by Crippen LogP contribution is 2.33. The Labute approximate surface area is 97.2 Å². The van der Waals surface area contributed by atoms with Gasteiger partial charge in [0.2, 0.25) is 0 Å². The van der Waals surface area contributed by atoms with E-state index in [1.807, 2.05) is 6.92 Å². The quantitative estimate of drug-likeness (QED) is 0.874. The van der Waals surface area contributed by atoms with Gasteiger partial charge in [-0.05, 0) is 25.0 Å². The Hall–Kier alpha value is -1.91. The van der Waals surface area contributed by atoms with Crippen molar-refractivity contribution in [1.82, 2.24) is 5.16 Å². The number of anilines is 1. The summed E-state index contributed by atoms with van der Waals surface area (Å²) in [6.45, 7) is 3.38. The van der Waals surface area contributed by atoms with Crippen LogP contribution >= 0.6 is 0 Å². The summed E-state index contributed by atoms with van der Waals surface area (Å²) in [5.41, 5.74) is 6.24. The third-order valence-corrected chi connectivity index (χ3v) is 2.68. The molecule has 0 atom stereocenters. The van der Waals surface area contributed by atoms with Crippen LogP contribution in [0.4, 0.5) is 14.6 Å². The summed E-state index contributed by atoms with van der Waals surface area (Å²) in [4.78, 5) is 0. The van der Waals surface area contributed by atoms with Crippen molar-refractivity contribution in [2.75, 3.05) is 5.73 Å². The highest BCUT2D eigenvalue weighted by atomic mass is 19.1. The smallest absolute Gasteiger partial charge is 0.178 e. The maximum atomic E-state index is 13.9. The summed E-state index contributed by atoms with van der Waals surface area (Å²) in [5, 5.41) is 3.55. The van der Waals surface area contributed by atoms with Crippen LogP contribution in [0.5, 0.6) is 0 Å². The molecule has 1 heterocycles. The number of aryl methyl sites for hydroxylation is 1. The Bertz CT molecular complexity index is 564. The number of benzene rings is 1. The first kappa shape index (κ1) is 11.6. The SMILES string of the molecule is CCc1c(N)noc1-c1c(F)ccc(C)c1F. The summed E-state index contributed by atoms with van der Waals surface area (Å²) in [6, 6.07) is 2.57. The van der Waals surface area contributed by atoms with Crippen molar-refractivity contribution >= 4 is 5.82 Å². The van der Waals surface area contributed by atoms with Crippen LogP contribution in [0.2, 0.25) is 0 Å². The molecule has 90 valence electrons. The lowest BCUT2D eigenvalue weighted by atomic mass is 10.0. The van der Waals surface area contributed by atoms with Crippen LogP contribution in [0.25, 0.3) is 11.3 Å².